The van der Waals surface area contributed by atoms with Crippen molar-refractivity contribution in [3.05, 3.63) is 71.7 Å². The Kier molecular flexibility index (Phi) is 3.33. The van der Waals surface area contributed by atoms with E-state index in [1.807, 2.05) is 15.3 Å². The highest BCUT2D eigenvalue weighted by Crippen LogP contribution is 2.25. The van der Waals surface area contributed by atoms with Crippen molar-refractivity contribution in [2.24, 2.45) is 0 Å². The monoisotopic (exact) mass is 354 g/mol. The lowest BCUT2D eigenvalue weighted by Crippen LogP contribution is -2.01. The molecule has 5 aromatic rings. The molecule has 0 aliphatic heterocycles. The van der Waals surface area contributed by atoms with Crippen LogP contribution in [0.5, 0.6) is 0 Å². The Balaban J connectivity index is 1.71. The molecule has 0 atom stereocenters. The number of aryl methyl sites for hydroxylation is 3. The highest BCUT2D eigenvalue weighted by atomic mass is 15.3. The van der Waals surface area contributed by atoms with E-state index in [4.69, 9.17) is 0 Å². The average molecular weight is 354 g/mol. The molecule has 132 valence electrons. The standard InChI is InChI=1S/C21H18N6/c1-13-4-7-16(8-5-13)19-24-25-21-17-11-23-27(20(17)22-12-26(19)21)18-9-6-14(2)10-15(18)3/h4-12H,1-3H3. The summed E-state index contributed by atoms with van der Waals surface area (Å²) in [6.07, 6.45) is 3.58. The van der Waals surface area contributed by atoms with E-state index in [2.05, 4.69) is 83.5 Å². The van der Waals surface area contributed by atoms with Crippen molar-refractivity contribution in [1.29, 1.82) is 0 Å². The summed E-state index contributed by atoms with van der Waals surface area (Å²) < 4.78 is 3.78. The van der Waals surface area contributed by atoms with E-state index in [1.165, 1.54) is 11.1 Å². The maximum atomic E-state index is 4.67. The first-order valence-electron chi connectivity index (χ1n) is 8.84. The van der Waals surface area contributed by atoms with Gasteiger partial charge in [-0.15, -0.1) is 10.2 Å². The van der Waals surface area contributed by atoms with E-state index >= 15 is 0 Å². The number of aromatic nitrogens is 6. The third-order valence-corrected chi connectivity index (χ3v) is 4.87. The molecule has 2 aromatic carbocycles. The lowest BCUT2D eigenvalue weighted by atomic mass is 10.1. The summed E-state index contributed by atoms with van der Waals surface area (Å²) in [7, 11) is 0. The fraction of sp³-hybridized carbons (Fsp3) is 0.143. The third-order valence-electron chi connectivity index (χ3n) is 4.87. The molecule has 3 aromatic heterocycles. The zero-order chi connectivity index (χ0) is 18.5. The van der Waals surface area contributed by atoms with Gasteiger partial charge in [0.2, 0.25) is 0 Å². The van der Waals surface area contributed by atoms with Crippen LogP contribution >= 0.6 is 0 Å². The molecule has 0 aliphatic carbocycles. The topological polar surface area (TPSA) is 60.9 Å². The van der Waals surface area contributed by atoms with Crippen molar-refractivity contribution in [1.82, 2.24) is 29.4 Å². The van der Waals surface area contributed by atoms with Crippen LogP contribution in [0, 0.1) is 20.8 Å². The van der Waals surface area contributed by atoms with Gasteiger partial charge in [0, 0.05) is 5.56 Å². The van der Waals surface area contributed by atoms with Crippen molar-refractivity contribution in [2.45, 2.75) is 20.8 Å². The van der Waals surface area contributed by atoms with Crippen LogP contribution in [0.3, 0.4) is 0 Å². The zero-order valence-corrected chi connectivity index (χ0v) is 15.4. The smallest absolute Gasteiger partial charge is 0.175 e. The van der Waals surface area contributed by atoms with E-state index in [1.54, 1.807) is 6.33 Å². The van der Waals surface area contributed by atoms with Crippen LogP contribution in [-0.4, -0.2) is 29.4 Å². The van der Waals surface area contributed by atoms with E-state index in [9.17, 15) is 0 Å². The van der Waals surface area contributed by atoms with Crippen molar-refractivity contribution >= 4 is 16.7 Å². The normalized spacial score (nSPS) is 11.5. The first-order chi connectivity index (χ1) is 13.1. The number of benzene rings is 2. The maximum absolute atomic E-state index is 4.67. The lowest BCUT2D eigenvalue weighted by Gasteiger charge is -2.08. The molecule has 0 spiro atoms. The summed E-state index contributed by atoms with van der Waals surface area (Å²) in [4.78, 5) is 4.67. The Morgan fingerprint density at radius 1 is 0.815 bits per heavy atom. The van der Waals surface area contributed by atoms with Gasteiger partial charge in [0.15, 0.2) is 17.1 Å². The number of nitrogens with zero attached hydrogens (tertiary/aromatic N) is 6. The summed E-state index contributed by atoms with van der Waals surface area (Å²) in [6.45, 7) is 6.24. The number of fused-ring (bicyclic) bond motifs is 3. The SMILES string of the molecule is Cc1ccc(-c2nnc3c4cnn(-c5ccc(C)cc5C)c4ncn23)cc1. The number of hydrogen-bond donors (Lipinski definition) is 0. The number of rotatable bonds is 2. The van der Waals surface area contributed by atoms with Crippen LogP contribution < -0.4 is 0 Å². The molecule has 0 aliphatic rings. The minimum atomic E-state index is 0.756. The first kappa shape index (κ1) is 15.7. The van der Waals surface area contributed by atoms with Gasteiger partial charge in [-0.05, 0) is 32.4 Å². The maximum Gasteiger partial charge on any atom is 0.175 e. The highest BCUT2D eigenvalue weighted by Gasteiger charge is 2.16. The highest BCUT2D eigenvalue weighted by molar-refractivity contribution is 5.90. The zero-order valence-electron chi connectivity index (χ0n) is 15.4. The molecule has 0 bridgehead atoms. The van der Waals surface area contributed by atoms with Gasteiger partial charge in [-0.3, -0.25) is 4.40 Å². The summed E-state index contributed by atoms with van der Waals surface area (Å²) in [6, 6.07) is 14.5. The van der Waals surface area contributed by atoms with Crippen LogP contribution in [0.15, 0.2) is 55.0 Å². The quantitative estimate of drug-likeness (QED) is 0.480. The summed E-state index contributed by atoms with van der Waals surface area (Å²) >= 11 is 0. The molecule has 6 heteroatoms. The van der Waals surface area contributed by atoms with E-state index in [-0.39, 0.29) is 0 Å². The third kappa shape index (κ3) is 2.41. The van der Waals surface area contributed by atoms with Gasteiger partial charge in [0.1, 0.15) is 6.33 Å². The predicted octanol–water partition coefficient (Wildman–Crippen LogP) is 4.06. The lowest BCUT2D eigenvalue weighted by molar-refractivity contribution is 0.885. The Morgan fingerprint density at radius 3 is 2.37 bits per heavy atom. The van der Waals surface area contributed by atoms with Gasteiger partial charge in [-0.25, -0.2) is 9.67 Å². The Morgan fingerprint density at radius 2 is 1.59 bits per heavy atom. The molecule has 0 amide bonds. The Hall–Kier alpha value is -3.54. The van der Waals surface area contributed by atoms with Gasteiger partial charge in [0.25, 0.3) is 0 Å². The van der Waals surface area contributed by atoms with Gasteiger partial charge < -0.3 is 0 Å². The molecular weight excluding hydrogens is 336 g/mol. The van der Waals surface area contributed by atoms with Gasteiger partial charge in [-0.2, -0.15) is 5.10 Å². The second-order valence-corrected chi connectivity index (χ2v) is 6.91. The minimum Gasteiger partial charge on any atom is -0.265 e. The molecule has 3 heterocycles. The summed E-state index contributed by atoms with van der Waals surface area (Å²) in [5.41, 5.74) is 7.15. The molecule has 6 nitrogen and oxygen atoms in total. The van der Waals surface area contributed by atoms with Crippen LogP contribution in [0.2, 0.25) is 0 Å². The first-order valence-corrected chi connectivity index (χ1v) is 8.84. The van der Waals surface area contributed by atoms with Crippen molar-refractivity contribution in [3.63, 3.8) is 0 Å². The largest absolute Gasteiger partial charge is 0.265 e. The summed E-state index contributed by atoms with van der Waals surface area (Å²) in [5.74, 6) is 0.777. The van der Waals surface area contributed by atoms with Crippen molar-refractivity contribution in [2.75, 3.05) is 0 Å². The van der Waals surface area contributed by atoms with E-state index in [0.717, 1.165) is 39.3 Å². The van der Waals surface area contributed by atoms with E-state index < -0.39 is 0 Å². The fourth-order valence-corrected chi connectivity index (χ4v) is 3.44. The average Bonchev–Trinajstić information content (AvgIpc) is 3.26. The van der Waals surface area contributed by atoms with Crippen LogP contribution in [0.25, 0.3) is 33.8 Å². The number of hydrogen-bond acceptors (Lipinski definition) is 4. The van der Waals surface area contributed by atoms with Gasteiger partial charge in [-0.1, -0.05) is 47.5 Å². The van der Waals surface area contributed by atoms with Crippen LogP contribution in [0.4, 0.5) is 0 Å². The predicted molar refractivity (Wildman–Crippen MR) is 105 cm³/mol. The van der Waals surface area contributed by atoms with Crippen LogP contribution in [0.1, 0.15) is 16.7 Å². The molecule has 0 saturated heterocycles. The molecule has 0 saturated carbocycles. The van der Waals surface area contributed by atoms with Crippen molar-refractivity contribution < 1.29 is 0 Å². The molecule has 0 fully saturated rings. The second kappa shape index (κ2) is 5.74. The van der Waals surface area contributed by atoms with E-state index in [0.29, 0.717) is 0 Å². The molecule has 5 rings (SSSR count). The molecule has 0 N–H and O–H groups in total. The molecule has 27 heavy (non-hydrogen) atoms. The van der Waals surface area contributed by atoms with Crippen LogP contribution in [-0.2, 0) is 0 Å². The van der Waals surface area contributed by atoms with Gasteiger partial charge in [0.05, 0.1) is 17.3 Å². The second-order valence-electron chi connectivity index (χ2n) is 6.91. The Bertz CT molecular complexity index is 1290. The fourth-order valence-electron chi connectivity index (χ4n) is 3.44. The summed E-state index contributed by atoms with van der Waals surface area (Å²) in [5, 5.41) is 14.3. The molecule has 0 unspecified atom stereocenters. The molecular formula is C21H18N6. The Labute approximate surface area is 156 Å². The minimum absolute atomic E-state index is 0.756. The van der Waals surface area contributed by atoms with Gasteiger partial charge >= 0.3 is 0 Å². The van der Waals surface area contributed by atoms with Crippen molar-refractivity contribution in [3.8, 4) is 17.1 Å². The molecule has 0 radical (unpaired) electrons.